The molecule has 0 spiro atoms. The minimum atomic E-state index is -0.929. The van der Waals surface area contributed by atoms with Crippen molar-refractivity contribution in [2.45, 2.75) is 12.8 Å². The van der Waals surface area contributed by atoms with Crippen molar-refractivity contribution in [3.8, 4) is 11.2 Å². The van der Waals surface area contributed by atoms with Crippen LogP contribution < -0.4 is 10.6 Å². The number of rotatable bonds is 3. The van der Waals surface area contributed by atoms with Gasteiger partial charge in [0.15, 0.2) is 0 Å². The van der Waals surface area contributed by atoms with Gasteiger partial charge in [0.1, 0.15) is 11.6 Å². The van der Waals surface area contributed by atoms with Crippen molar-refractivity contribution in [1.82, 2.24) is 9.97 Å². The van der Waals surface area contributed by atoms with E-state index in [-0.39, 0.29) is 11.8 Å². The van der Waals surface area contributed by atoms with Crippen LogP contribution in [-0.2, 0) is 4.79 Å². The van der Waals surface area contributed by atoms with E-state index in [1.165, 1.54) is 0 Å². The van der Waals surface area contributed by atoms with Crippen LogP contribution in [-0.4, -0.2) is 41.7 Å². The largest absolute Gasteiger partial charge is 0.373 e. The van der Waals surface area contributed by atoms with Gasteiger partial charge in [0.2, 0.25) is 5.91 Å². The lowest BCUT2D eigenvalue weighted by Crippen LogP contribution is -2.14. The number of carbonyl (C=O) groups is 1. The first-order valence-corrected chi connectivity index (χ1v) is 10.7. The molecule has 1 fully saturated rings. The summed E-state index contributed by atoms with van der Waals surface area (Å²) in [5, 5.41) is 11.1. The fraction of sp³-hybridized carbons (Fsp3) is 0.389. The molecule has 2 aromatic heterocycles. The lowest BCUT2D eigenvalue weighted by atomic mass is 10.1. The van der Waals surface area contributed by atoms with E-state index in [1.807, 2.05) is 13.1 Å². The van der Waals surface area contributed by atoms with Gasteiger partial charge in [0, 0.05) is 36.1 Å². The van der Waals surface area contributed by atoms with E-state index in [0.29, 0.717) is 5.82 Å². The van der Waals surface area contributed by atoms with Gasteiger partial charge in [0.05, 0.1) is 5.56 Å². The topological polar surface area (TPSA) is 66.9 Å². The SMILES string of the molecule is CNc1ncc(C#CS(C)(C)C)c2cc(NC(=O)C3CC3)ncc12. The smallest absolute Gasteiger partial charge is 0.228 e. The first kappa shape index (κ1) is 16.6. The van der Waals surface area contributed by atoms with Crippen molar-refractivity contribution in [2.24, 2.45) is 5.92 Å². The van der Waals surface area contributed by atoms with Gasteiger partial charge in [-0.05, 0) is 42.9 Å². The second-order valence-electron chi connectivity index (χ2n) is 6.71. The maximum absolute atomic E-state index is 12.0. The molecule has 0 saturated heterocycles. The number of pyridine rings is 2. The second kappa shape index (κ2) is 6.33. The number of carbonyl (C=O) groups excluding carboxylic acids is 1. The number of anilines is 2. The van der Waals surface area contributed by atoms with Gasteiger partial charge in [-0.15, -0.1) is 0 Å². The van der Waals surface area contributed by atoms with Gasteiger partial charge < -0.3 is 10.6 Å². The minimum absolute atomic E-state index is 0.0523. The molecule has 24 heavy (non-hydrogen) atoms. The number of nitrogens with one attached hydrogen (secondary N) is 2. The van der Waals surface area contributed by atoms with E-state index in [4.69, 9.17) is 0 Å². The highest BCUT2D eigenvalue weighted by atomic mass is 32.3. The third-order valence-electron chi connectivity index (χ3n) is 3.70. The summed E-state index contributed by atoms with van der Waals surface area (Å²) in [5.74, 6) is 4.78. The van der Waals surface area contributed by atoms with E-state index >= 15 is 0 Å². The molecule has 0 radical (unpaired) electrons. The van der Waals surface area contributed by atoms with Crippen LogP contribution in [0.3, 0.4) is 0 Å². The second-order valence-corrected chi connectivity index (χ2v) is 10.6. The molecule has 1 amide bonds. The lowest BCUT2D eigenvalue weighted by Gasteiger charge is -2.15. The third-order valence-corrected chi connectivity index (χ3v) is 4.41. The number of nitrogens with zero attached hydrogens (tertiary/aromatic N) is 2. The first-order valence-electron chi connectivity index (χ1n) is 7.86. The minimum Gasteiger partial charge on any atom is -0.373 e. The zero-order chi connectivity index (χ0) is 17.3. The van der Waals surface area contributed by atoms with Crippen molar-refractivity contribution >= 4 is 38.3 Å². The summed E-state index contributed by atoms with van der Waals surface area (Å²) in [6.45, 7) is 0. The standard InChI is InChI=1S/C18H22N4OS/c1-19-17-15-11-20-16(22-18(23)12-5-6-12)9-14(15)13(10-21-17)7-8-24(2,3)4/h9-12H,5-6H2,1-4H3,(H,19,21)(H,20,22,23). The van der Waals surface area contributed by atoms with Gasteiger partial charge in [0.25, 0.3) is 0 Å². The number of hydrogen-bond donors (Lipinski definition) is 2. The predicted molar refractivity (Wildman–Crippen MR) is 103 cm³/mol. The van der Waals surface area contributed by atoms with Crippen molar-refractivity contribution in [3.05, 3.63) is 24.0 Å². The zero-order valence-electron chi connectivity index (χ0n) is 14.4. The van der Waals surface area contributed by atoms with Crippen molar-refractivity contribution in [1.29, 1.82) is 0 Å². The Morgan fingerprint density at radius 1 is 1.21 bits per heavy atom. The van der Waals surface area contributed by atoms with Crippen LogP contribution in [0, 0.1) is 17.1 Å². The molecule has 1 aliphatic carbocycles. The highest BCUT2D eigenvalue weighted by molar-refractivity contribution is 8.35. The fourth-order valence-electron chi connectivity index (χ4n) is 2.28. The summed E-state index contributed by atoms with van der Waals surface area (Å²) in [5.41, 5.74) is 0.857. The van der Waals surface area contributed by atoms with E-state index in [9.17, 15) is 4.79 Å². The number of amides is 1. The summed E-state index contributed by atoms with van der Waals surface area (Å²) in [7, 11) is 0.900. The van der Waals surface area contributed by atoms with Crippen LogP contribution in [0.5, 0.6) is 0 Å². The van der Waals surface area contributed by atoms with Crippen molar-refractivity contribution < 1.29 is 4.79 Å². The Morgan fingerprint density at radius 3 is 2.58 bits per heavy atom. The van der Waals surface area contributed by atoms with Crippen molar-refractivity contribution in [3.63, 3.8) is 0 Å². The highest BCUT2D eigenvalue weighted by Crippen LogP contribution is 2.33. The van der Waals surface area contributed by atoms with Crippen LogP contribution in [0.2, 0.25) is 0 Å². The Hall–Kier alpha value is -2.26. The molecule has 126 valence electrons. The Kier molecular flexibility index (Phi) is 4.37. The molecule has 0 unspecified atom stereocenters. The van der Waals surface area contributed by atoms with E-state index in [2.05, 4.69) is 50.5 Å². The molecular formula is C18H22N4OS. The zero-order valence-corrected chi connectivity index (χ0v) is 15.3. The molecule has 0 bridgehead atoms. The molecule has 5 nitrogen and oxygen atoms in total. The molecule has 2 heterocycles. The maximum atomic E-state index is 12.0. The summed E-state index contributed by atoms with van der Waals surface area (Å²) >= 11 is 0. The van der Waals surface area contributed by atoms with Gasteiger partial charge in [-0.2, -0.15) is 10.0 Å². The Labute approximate surface area is 144 Å². The third kappa shape index (κ3) is 3.80. The summed E-state index contributed by atoms with van der Waals surface area (Å²) in [6.07, 6.45) is 11.9. The van der Waals surface area contributed by atoms with Crippen LogP contribution in [0.4, 0.5) is 11.6 Å². The Bertz CT molecular complexity index is 857. The summed E-state index contributed by atoms with van der Waals surface area (Å²) < 4.78 is 0. The van der Waals surface area contributed by atoms with Crippen LogP contribution in [0.15, 0.2) is 18.5 Å². The number of aromatic nitrogens is 2. The van der Waals surface area contributed by atoms with Crippen LogP contribution in [0.25, 0.3) is 10.8 Å². The molecule has 0 aromatic carbocycles. The molecule has 2 N–H and O–H groups in total. The lowest BCUT2D eigenvalue weighted by molar-refractivity contribution is -0.117. The monoisotopic (exact) mass is 342 g/mol. The van der Waals surface area contributed by atoms with Gasteiger partial charge >= 0.3 is 0 Å². The van der Waals surface area contributed by atoms with E-state index < -0.39 is 10.0 Å². The molecule has 1 saturated carbocycles. The van der Waals surface area contributed by atoms with Gasteiger partial charge in [-0.1, -0.05) is 5.92 Å². The van der Waals surface area contributed by atoms with E-state index in [1.54, 1.807) is 12.4 Å². The number of hydrogen-bond acceptors (Lipinski definition) is 4. The first-order chi connectivity index (χ1) is 11.4. The molecule has 6 heteroatoms. The predicted octanol–water partition coefficient (Wildman–Crippen LogP) is 3.02. The molecule has 0 atom stereocenters. The van der Waals surface area contributed by atoms with Crippen LogP contribution >= 0.6 is 10.0 Å². The normalized spacial score (nSPS) is 14.7. The van der Waals surface area contributed by atoms with Gasteiger partial charge in [-0.3, -0.25) is 4.79 Å². The maximum Gasteiger partial charge on any atom is 0.228 e. The molecule has 1 aliphatic rings. The highest BCUT2D eigenvalue weighted by Gasteiger charge is 2.29. The molecule has 2 aromatic rings. The average molecular weight is 342 g/mol. The molecule has 0 aliphatic heterocycles. The quantitative estimate of drug-likeness (QED) is 0.842. The Morgan fingerprint density at radius 2 is 1.96 bits per heavy atom. The van der Waals surface area contributed by atoms with Crippen LogP contribution in [0.1, 0.15) is 18.4 Å². The summed E-state index contributed by atoms with van der Waals surface area (Å²) in [6, 6.07) is 1.89. The molecular weight excluding hydrogens is 320 g/mol. The van der Waals surface area contributed by atoms with Crippen molar-refractivity contribution in [2.75, 3.05) is 36.4 Å². The Balaban J connectivity index is 2.05. The fourth-order valence-corrected chi connectivity index (χ4v) is 2.70. The van der Waals surface area contributed by atoms with Gasteiger partial charge in [-0.25, -0.2) is 9.97 Å². The number of fused-ring (bicyclic) bond motifs is 1. The molecule has 3 rings (SSSR count). The summed E-state index contributed by atoms with van der Waals surface area (Å²) in [4.78, 5) is 20.8. The van der Waals surface area contributed by atoms with E-state index in [0.717, 1.165) is 35.0 Å². The average Bonchev–Trinajstić information content (AvgIpc) is 3.36.